The Balaban J connectivity index is -0.000000796. The summed E-state index contributed by atoms with van der Waals surface area (Å²) in [7, 11) is 3.87. The number of ether oxygens (including phenoxy) is 1. The third-order valence-corrected chi connectivity index (χ3v) is 2.57. The molecule has 6 nitrogen and oxygen atoms in total. The fraction of sp³-hybridized carbons (Fsp3) is 0.526. The van der Waals surface area contributed by atoms with Crippen molar-refractivity contribution < 1.29 is 47.0 Å². The largest absolute Gasteiger partial charge is 0.666 e. The molecule has 1 N–H and O–H groups in total. The van der Waals surface area contributed by atoms with Crippen LogP contribution in [0.25, 0.3) is 5.73 Å². The molecule has 147 valence electrons. The summed E-state index contributed by atoms with van der Waals surface area (Å²) < 4.78 is 5.17. The topological polar surface area (TPSA) is 73.7 Å². The number of nitrogens with zero attached hydrogens (tertiary/aromatic N) is 2. The number of amides is 2. The summed E-state index contributed by atoms with van der Waals surface area (Å²) in [5.41, 5.74) is 7.00. The number of benzene rings is 1. The molecule has 26 heavy (non-hydrogen) atoms. The van der Waals surface area contributed by atoms with Crippen LogP contribution >= 0.6 is 0 Å². The summed E-state index contributed by atoms with van der Waals surface area (Å²) in [6, 6.07) is 8.67. The number of carbonyl (C=O) groups is 2. The molecule has 0 spiro atoms. The normalized spacial score (nSPS) is 8.88. The maximum Gasteiger partial charge on any atom is 0.415 e. The quantitative estimate of drug-likeness (QED) is 0.594. The molecule has 0 atom stereocenters. The first-order valence-corrected chi connectivity index (χ1v) is 8.52. The van der Waals surface area contributed by atoms with Gasteiger partial charge in [-0.25, -0.2) is 4.79 Å². The Morgan fingerprint density at radius 3 is 2.00 bits per heavy atom. The van der Waals surface area contributed by atoms with Gasteiger partial charge in [0.1, 0.15) is 5.75 Å². The monoisotopic (exact) mass is 440 g/mol. The second-order valence-electron chi connectivity index (χ2n) is 5.39. The van der Waals surface area contributed by atoms with Gasteiger partial charge in [0.2, 0.25) is 0 Å². The van der Waals surface area contributed by atoms with Crippen LogP contribution in [0.3, 0.4) is 0 Å². The van der Waals surface area contributed by atoms with Crippen LogP contribution in [0.2, 0.25) is 0 Å². The predicted molar refractivity (Wildman–Crippen MR) is 104 cm³/mol. The minimum Gasteiger partial charge on any atom is -0.666 e. The molecule has 1 rings (SSSR count). The van der Waals surface area contributed by atoms with Crippen LogP contribution in [0.1, 0.15) is 33.6 Å². The molecule has 1 aromatic rings. The molecule has 1 radical (unpaired) electrons. The van der Waals surface area contributed by atoms with E-state index in [-0.39, 0.29) is 39.3 Å². The van der Waals surface area contributed by atoms with Crippen molar-refractivity contribution in [2.75, 3.05) is 33.7 Å². The molecular weight excluding hydrogens is 407 g/mol. The zero-order valence-electron chi connectivity index (χ0n) is 16.8. The third kappa shape index (κ3) is 17.8. The van der Waals surface area contributed by atoms with Gasteiger partial charge < -0.3 is 32.0 Å². The maximum atomic E-state index is 12.0. The van der Waals surface area contributed by atoms with E-state index in [1.165, 1.54) is 11.3 Å². The molecule has 0 bridgehead atoms. The Bertz CT molecular complexity index is 457. The first kappa shape index (κ1) is 29.8. The van der Waals surface area contributed by atoms with Crippen molar-refractivity contribution in [1.29, 1.82) is 0 Å². The Labute approximate surface area is 184 Å². The molecule has 0 aliphatic carbocycles. The Kier molecular flexibility index (Phi) is 23.3. The number of carbonyl (C=O) groups excluding carboxylic acids is 2. The van der Waals surface area contributed by atoms with Gasteiger partial charge in [0.05, 0.1) is 12.5 Å². The third-order valence-electron chi connectivity index (χ3n) is 2.57. The number of rotatable bonds is 7. The van der Waals surface area contributed by atoms with E-state index in [1.54, 1.807) is 31.2 Å². The average Bonchev–Trinajstić information content (AvgIpc) is 2.57. The summed E-state index contributed by atoms with van der Waals surface area (Å²) in [6.45, 7) is 10.2. The summed E-state index contributed by atoms with van der Waals surface area (Å²) in [5, 5.41) is 0. The van der Waals surface area contributed by atoms with Crippen LogP contribution in [0, 0.1) is 6.92 Å². The number of hydrogen-bond acceptors (Lipinski definition) is 4. The fourth-order valence-corrected chi connectivity index (χ4v) is 1.64. The van der Waals surface area contributed by atoms with Gasteiger partial charge in [-0.15, -0.1) is 0 Å². The standard InChI is InChI=1S/C14H21N3O3.C3H8.C2H5.Y/c1-16(2)9-6-10-17(11-13(15)18)14(19)20-12-7-4-3-5-8-12;1-3-2;1-2;/h3-5,7-8H,6,9-11H2,1-2H3,(H2,15,18);3H2,1-2H3;1H2,2H3;/q;;-1;/p-1. The molecule has 2 amide bonds. The van der Waals surface area contributed by atoms with E-state index in [2.05, 4.69) is 20.8 Å². The zero-order valence-corrected chi connectivity index (χ0v) is 19.7. The van der Waals surface area contributed by atoms with Crippen molar-refractivity contribution in [2.24, 2.45) is 0 Å². The van der Waals surface area contributed by atoms with Crippen LogP contribution in [0.15, 0.2) is 30.3 Å². The molecule has 0 saturated carbocycles. The molecule has 7 heteroatoms. The van der Waals surface area contributed by atoms with Crippen molar-refractivity contribution in [3.05, 3.63) is 43.0 Å². The Hall–Kier alpha value is -0.976. The van der Waals surface area contributed by atoms with E-state index in [9.17, 15) is 9.59 Å². The molecule has 0 saturated heterocycles. The predicted octanol–water partition coefficient (Wildman–Crippen LogP) is 4.27. The minimum absolute atomic E-state index is 0. The van der Waals surface area contributed by atoms with E-state index in [0.717, 1.165) is 6.54 Å². The second-order valence-corrected chi connectivity index (χ2v) is 5.39. The van der Waals surface area contributed by atoms with Crippen LogP contribution in [-0.2, 0) is 37.5 Å². The van der Waals surface area contributed by atoms with Crippen LogP contribution in [0.5, 0.6) is 5.75 Å². The van der Waals surface area contributed by atoms with E-state index < -0.39 is 12.0 Å². The maximum absolute atomic E-state index is 12.0. The van der Waals surface area contributed by atoms with Gasteiger partial charge in [-0.05, 0) is 39.2 Å². The molecule has 0 fully saturated rings. The van der Waals surface area contributed by atoms with Gasteiger partial charge in [-0.1, -0.05) is 38.5 Å². The van der Waals surface area contributed by atoms with Crippen LogP contribution < -0.4 is 4.74 Å². The molecule has 0 unspecified atom stereocenters. The van der Waals surface area contributed by atoms with Gasteiger partial charge >= 0.3 is 6.09 Å². The smallest absolute Gasteiger partial charge is 0.415 e. The average molecular weight is 440 g/mol. The van der Waals surface area contributed by atoms with Gasteiger partial charge in [0.15, 0.2) is 0 Å². The van der Waals surface area contributed by atoms with Gasteiger partial charge in [-0.2, -0.15) is 6.92 Å². The van der Waals surface area contributed by atoms with Crippen molar-refractivity contribution in [2.45, 2.75) is 33.6 Å². The first-order valence-electron chi connectivity index (χ1n) is 8.52. The molecule has 0 aliphatic heterocycles. The Morgan fingerprint density at radius 2 is 1.58 bits per heavy atom. The number of hydrogen-bond donors (Lipinski definition) is 0. The van der Waals surface area contributed by atoms with Gasteiger partial charge in [0, 0.05) is 39.3 Å². The summed E-state index contributed by atoms with van der Waals surface area (Å²) >= 11 is 0. The summed E-state index contributed by atoms with van der Waals surface area (Å²) in [6.07, 6.45) is 1.36. The SMILES string of the molecule is CCC.CN(C)CCCN(CC([NH-])=O)C(=O)Oc1ccccc1.[CH2-]C.[Y]. The van der Waals surface area contributed by atoms with Gasteiger partial charge in [-0.3, -0.25) is 0 Å². The van der Waals surface area contributed by atoms with E-state index in [0.29, 0.717) is 18.7 Å². The molecule has 0 heterocycles. The van der Waals surface area contributed by atoms with E-state index >= 15 is 0 Å². The fourth-order valence-electron chi connectivity index (χ4n) is 1.64. The molecule has 0 aliphatic rings. The summed E-state index contributed by atoms with van der Waals surface area (Å²) in [4.78, 5) is 26.1. The van der Waals surface area contributed by atoms with Crippen molar-refractivity contribution in [3.63, 3.8) is 0 Å². The van der Waals surface area contributed by atoms with E-state index in [1.807, 2.05) is 25.1 Å². The molecule has 0 aromatic heterocycles. The zero-order chi connectivity index (χ0) is 19.7. The van der Waals surface area contributed by atoms with Crippen molar-refractivity contribution in [1.82, 2.24) is 9.80 Å². The second kappa shape index (κ2) is 20.3. The van der Waals surface area contributed by atoms with Crippen LogP contribution in [0.4, 0.5) is 4.79 Å². The van der Waals surface area contributed by atoms with Gasteiger partial charge in [0.25, 0.3) is 0 Å². The molecule has 1 aromatic carbocycles. The Morgan fingerprint density at radius 1 is 1.08 bits per heavy atom. The number of nitrogens with one attached hydrogen (secondary N) is 1. The minimum atomic E-state index is -0.806. The van der Waals surface area contributed by atoms with E-state index in [4.69, 9.17) is 10.5 Å². The number of para-hydroxylation sites is 1. The van der Waals surface area contributed by atoms with Crippen LogP contribution in [-0.4, -0.2) is 55.5 Å². The van der Waals surface area contributed by atoms with Crippen molar-refractivity contribution >= 4 is 12.0 Å². The summed E-state index contributed by atoms with van der Waals surface area (Å²) in [5.74, 6) is -0.382. The van der Waals surface area contributed by atoms with Crippen molar-refractivity contribution in [3.8, 4) is 5.75 Å². The first-order chi connectivity index (χ1) is 11.9. The molecular formula is C19H33N3O3Y-2.